The lowest BCUT2D eigenvalue weighted by atomic mass is 10.0. The van der Waals surface area contributed by atoms with E-state index in [0.717, 1.165) is 15.6 Å². The van der Waals surface area contributed by atoms with Gasteiger partial charge in [-0.05, 0) is 18.2 Å². The average molecular weight is 268 g/mol. The van der Waals surface area contributed by atoms with Gasteiger partial charge in [-0.3, -0.25) is 4.79 Å². The van der Waals surface area contributed by atoms with E-state index in [0.29, 0.717) is 11.3 Å². The SMILES string of the molecule is COc1ccccc1C(=O)c1csc2ccccc12. The first-order valence-electron chi connectivity index (χ1n) is 5.95. The molecule has 0 fully saturated rings. The molecular formula is C16H12O2S. The standard InChI is InChI=1S/C16H12O2S/c1-18-14-8-4-2-7-12(14)16(17)13-10-19-15-9-5-3-6-11(13)15/h2-10H,1H3. The van der Waals surface area contributed by atoms with E-state index in [4.69, 9.17) is 4.74 Å². The maximum atomic E-state index is 12.6. The van der Waals surface area contributed by atoms with E-state index < -0.39 is 0 Å². The quantitative estimate of drug-likeness (QED) is 0.667. The van der Waals surface area contributed by atoms with Crippen LogP contribution in [-0.2, 0) is 0 Å². The van der Waals surface area contributed by atoms with Crippen molar-refractivity contribution in [2.75, 3.05) is 7.11 Å². The predicted octanol–water partition coefficient (Wildman–Crippen LogP) is 4.14. The molecule has 0 radical (unpaired) electrons. The summed E-state index contributed by atoms with van der Waals surface area (Å²) in [5.74, 6) is 0.623. The molecule has 1 aromatic heterocycles. The summed E-state index contributed by atoms with van der Waals surface area (Å²) >= 11 is 1.59. The minimum atomic E-state index is 0.00917. The van der Waals surface area contributed by atoms with Crippen molar-refractivity contribution in [3.8, 4) is 5.75 Å². The first-order chi connectivity index (χ1) is 9.31. The van der Waals surface area contributed by atoms with Crippen LogP contribution in [0.2, 0.25) is 0 Å². The van der Waals surface area contributed by atoms with E-state index in [-0.39, 0.29) is 5.78 Å². The van der Waals surface area contributed by atoms with Gasteiger partial charge in [0, 0.05) is 21.0 Å². The first kappa shape index (κ1) is 11.9. The topological polar surface area (TPSA) is 26.3 Å². The van der Waals surface area contributed by atoms with Crippen LogP contribution < -0.4 is 4.74 Å². The van der Waals surface area contributed by atoms with Gasteiger partial charge in [0.2, 0.25) is 0 Å². The van der Waals surface area contributed by atoms with E-state index >= 15 is 0 Å². The number of benzene rings is 2. The molecule has 0 saturated heterocycles. The van der Waals surface area contributed by atoms with Crippen molar-refractivity contribution in [1.29, 1.82) is 0 Å². The molecule has 0 aliphatic heterocycles. The summed E-state index contributed by atoms with van der Waals surface area (Å²) in [6.07, 6.45) is 0. The largest absolute Gasteiger partial charge is 0.496 e. The van der Waals surface area contributed by atoms with Crippen molar-refractivity contribution in [1.82, 2.24) is 0 Å². The smallest absolute Gasteiger partial charge is 0.198 e. The Morgan fingerprint density at radius 1 is 1.00 bits per heavy atom. The number of methoxy groups -OCH3 is 1. The summed E-state index contributed by atoms with van der Waals surface area (Å²) in [4.78, 5) is 12.6. The first-order valence-corrected chi connectivity index (χ1v) is 6.83. The van der Waals surface area contributed by atoms with Gasteiger partial charge in [-0.15, -0.1) is 11.3 Å². The Kier molecular flexibility index (Phi) is 3.05. The molecule has 0 atom stereocenters. The number of ether oxygens (including phenoxy) is 1. The summed E-state index contributed by atoms with van der Waals surface area (Å²) in [5, 5.41) is 2.92. The maximum absolute atomic E-state index is 12.6. The monoisotopic (exact) mass is 268 g/mol. The van der Waals surface area contributed by atoms with Crippen LogP contribution in [0.1, 0.15) is 15.9 Å². The second-order valence-electron chi connectivity index (χ2n) is 4.17. The highest BCUT2D eigenvalue weighted by Crippen LogP contribution is 2.29. The van der Waals surface area contributed by atoms with E-state index in [9.17, 15) is 4.79 Å². The minimum absolute atomic E-state index is 0.00917. The maximum Gasteiger partial charge on any atom is 0.198 e. The predicted molar refractivity (Wildman–Crippen MR) is 78.3 cm³/mol. The summed E-state index contributed by atoms with van der Waals surface area (Å²) < 4.78 is 6.38. The second kappa shape index (κ2) is 4.86. The zero-order valence-electron chi connectivity index (χ0n) is 10.4. The van der Waals surface area contributed by atoms with E-state index in [1.54, 1.807) is 24.5 Å². The van der Waals surface area contributed by atoms with Gasteiger partial charge in [-0.1, -0.05) is 30.3 Å². The van der Waals surface area contributed by atoms with Crippen molar-refractivity contribution in [2.45, 2.75) is 0 Å². The molecule has 0 spiro atoms. The molecule has 3 aromatic rings. The Morgan fingerprint density at radius 2 is 1.74 bits per heavy atom. The Bertz CT molecular complexity index is 743. The van der Waals surface area contributed by atoms with Crippen molar-refractivity contribution < 1.29 is 9.53 Å². The number of fused-ring (bicyclic) bond motifs is 1. The third-order valence-electron chi connectivity index (χ3n) is 3.08. The van der Waals surface area contributed by atoms with Crippen LogP contribution >= 0.6 is 11.3 Å². The van der Waals surface area contributed by atoms with E-state index in [1.807, 2.05) is 47.8 Å². The van der Waals surface area contributed by atoms with Crippen molar-refractivity contribution >= 4 is 27.2 Å². The number of carbonyl (C=O) groups is 1. The van der Waals surface area contributed by atoms with Crippen molar-refractivity contribution in [2.24, 2.45) is 0 Å². The Balaban J connectivity index is 2.14. The second-order valence-corrected chi connectivity index (χ2v) is 5.09. The van der Waals surface area contributed by atoms with Gasteiger partial charge in [0.1, 0.15) is 5.75 Å². The third kappa shape index (κ3) is 2.02. The molecule has 94 valence electrons. The lowest BCUT2D eigenvalue weighted by Gasteiger charge is -2.06. The van der Waals surface area contributed by atoms with Gasteiger partial charge < -0.3 is 4.74 Å². The van der Waals surface area contributed by atoms with Gasteiger partial charge in [-0.2, -0.15) is 0 Å². The fourth-order valence-corrected chi connectivity index (χ4v) is 3.07. The summed E-state index contributed by atoms with van der Waals surface area (Å²) in [6.45, 7) is 0. The van der Waals surface area contributed by atoms with Gasteiger partial charge in [0.05, 0.1) is 12.7 Å². The summed E-state index contributed by atoms with van der Waals surface area (Å²) in [6, 6.07) is 15.3. The molecule has 2 aromatic carbocycles. The van der Waals surface area contributed by atoms with Gasteiger partial charge in [0.25, 0.3) is 0 Å². The number of hydrogen-bond donors (Lipinski definition) is 0. The number of carbonyl (C=O) groups excluding carboxylic acids is 1. The van der Waals surface area contributed by atoms with Crippen LogP contribution in [0.4, 0.5) is 0 Å². The molecule has 0 aliphatic rings. The van der Waals surface area contributed by atoms with Gasteiger partial charge in [-0.25, -0.2) is 0 Å². The molecule has 19 heavy (non-hydrogen) atoms. The average Bonchev–Trinajstić information content (AvgIpc) is 2.90. The fraction of sp³-hybridized carbons (Fsp3) is 0.0625. The molecule has 2 nitrogen and oxygen atoms in total. The zero-order chi connectivity index (χ0) is 13.2. The third-order valence-corrected chi connectivity index (χ3v) is 4.04. The lowest BCUT2D eigenvalue weighted by molar-refractivity contribution is 0.103. The zero-order valence-corrected chi connectivity index (χ0v) is 11.2. The van der Waals surface area contributed by atoms with Crippen LogP contribution in [0.5, 0.6) is 5.75 Å². The molecule has 3 heteroatoms. The lowest BCUT2D eigenvalue weighted by Crippen LogP contribution is -2.02. The molecular weight excluding hydrogens is 256 g/mol. The minimum Gasteiger partial charge on any atom is -0.496 e. The number of rotatable bonds is 3. The summed E-state index contributed by atoms with van der Waals surface area (Å²) in [7, 11) is 1.58. The van der Waals surface area contributed by atoms with Crippen LogP contribution in [-0.4, -0.2) is 12.9 Å². The Hall–Kier alpha value is -2.13. The fourth-order valence-electron chi connectivity index (χ4n) is 2.13. The van der Waals surface area contributed by atoms with Crippen LogP contribution in [0.3, 0.4) is 0 Å². The van der Waals surface area contributed by atoms with Crippen LogP contribution in [0.15, 0.2) is 53.9 Å². The van der Waals surface area contributed by atoms with E-state index in [1.165, 1.54) is 0 Å². The summed E-state index contributed by atoms with van der Waals surface area (Å²) in [5.41, 5.74) is 1.35. The molecule has 3 rings (SSSR count). The molecule has 0 aliphatic carbocycles. The molecule has 0 N–H and O–H groups in total. The van der Waals surface area contributed by atoms with Gasteiger partial charge in [0.15, 0.2) is 5.78 Å². The number of ketones is 1. The normalized spacial score (nSPS) is 10.6. The van der Waals surface area contributed by atoms with Gasteiger partial charge >= 0.3 is 0 Å². The van der Waals surface area contributed by atoms with Crippen molar-refractivity contribution in [3.63, 3.8) is 0 Å². The highest BCUT2D eigenvalue weighted by molar-refractivity contribution is 7.17. The molecule has 0 amide bonds. The Labute approximate surface area is 115 Å². The molecule has 0 unspecified atom stereocenters. The molecule has 0 saturated carbocycles. The highest BCUT2D eigenvalue weighted by atomic mass is 32.1. The van der Waals surface area contributed by atoms with E-state index in [2.05, 4.69) is 0 Å². The number of para-hydroxylation sites is 1. The van der Waals surface area contributed by atoms with Crippen LogP contribution in [0, 0.1) is 0 Å². The Morgan fingerprint density at radius 3 is 2.58 bits per heavy atom. The van der Waals surface area contributed by atoms with Crippen molar-refractivity contribution in [3.05, 3.63) is 65.0 Å². The molecule has 1 heterocycles. The number of thiophene rings is 1. The number of hydrogen-bond acceptors (Lipinski definition) is 3. The molecule has 0 bridgehead atoms. The highest BCUT2D eigenvalue weighted by Gasteiger charge is 2.17. The van der Waals surface area contributed by atoms with Crippen LogP contribution in [0.25, 0.3) is 10.1 Å².